The number of fused-ring (bicyclic) bond motifs is 5. The van der Waals surface area contributed by atoms with E-state index in [1.807, 2.05) is 0 Å². The molecule has 2 saturated carbocycles. The normalized spacial score (nSPS) is 28.1. The number of nitrogens with one attached hydrogen (secondary N) is 1. The van der Waals surface area contributed by atoms with E-state index in [4.69, 9.17) is 10.5 Å². The first-order chi connectivity index (χ1) is 18.2. The van der Waals surface area contributed by atoms with Gasteiger partial charge < -0.3 is 15.8 Å². The maximum atomic E-state index is 15.0. The highest BCUT2D eigenvalue weighted by Crippen LogP contribution is 2.67. The van der Waals surface area contributed by atoms with Crippen LogP contribution in [0.3, 0.4) is 0 Å². The predicted octanol–water partition coefficient (Wildman–Crippen LogP) is 3.73. The molecule has 2 aromatic carbocycles. The van der Waals surface area contributed by atoms with Crippen molar-refractivity contribution >= 4 is 21.8 Å². The van der Waals surface area contributed by atoms with Gasteiger partial charge in [-0.25, -0.2) is 17.6 Å². The summed E-state index contributed by atoms with van der Waals surface area (Å²) < 4.78 is 44.0. The van der Waals surface area contributed by atoms with E-state index in [0.717, 1.165) is 12.7 Å². The third-order valence-electron chi connectivity index (χ3n) is 8.34. The van der Waals surface area contributed by atoms with Gasteiger partial charge in [0.1, 0.15) is 17.5 Å². The van der Waals surface area contributed by atoms with Crippen molar-refractivity contribution in [3.63, 3.8) is 0 Å². The van der Waals surface area contributed by atoms with Crippen LogP contribution in [0.1, 0.15) is 39.7 Å². The van der Waals surface area contributed by atoms with Crippen LogP contribution in [0.2, 0.25) is 0 Å². The molecular formula is C29H36FN3O5S. The molecule has 3 fully saturated rings. The summed E-state index contributed by atoms with van der Waals surface area (Å²) in [5, 5.41) is 2.82. The van der Waals surface area contributed by atoms with E-state index in [2.05, 4.69) is 12.2 Å². The van der Waals surface area contributed by atoms with Crippen LogP contribution in [0.4, 0.5) is 9.18 Å². The fourth-order valence-electron chi connectivity index (χ4n) is 6.68. The van der Waals surface area contributed by atoms with Crippen LogP contribution in [0.5, 0.6) is 0 Å². The number of amides is 2. The maximum absolute atomic E-state index is 15.0. The molecule has 0 unspecified atom stereocenters. The number of benzene rings is 2. The topological polar surface area (TPSA) is 119 Å². The average Bonchev–Trinajstić information content (AvgIpc) is 3.18. The molecule has 0 spiro atoms. The lowest BCUT2D eigenvalue weighted by Gasteiger charge is -2.35. The quantitative estimate of drug-likeness (QED) is 0.523. The van der Waals surface area contributed by atoms with Crippen molar-refractivity contribution in [1.82, 2.24) is 10.2 Å². The van der Waals surface area contributed by atoms with Crippen LogP contribution in [0, 0.1) is 29.5 Å². The zero-order chi connectivity index (χ0) is 28.4. The molecule has 1 saturated heterocycles. The molecule has 1 heterocycles. The van der Waals surface area contributed by atoms with Crippen LogP contribution in [-0.2, 0) is 25.8 Å². The second-order valence-corrected chi connectivity index (χ2v) is 14.3. The van der Waals surface area contributed by atoms with E-state index >= 15 is 4.39 Å². The number of likely N-dealkylation sites (tertiary alicyclic amines) is 1. The summed E-state index contributed by atoms with van der Waals surface area (Å²) in [7, 11) is -3.32. The minimum absolute atomic E-state index is 0.00619. The molecule has 0 radical (unpaired) electrons. The Kier molecular flexibility index (Phi) is 6.78. The van der Waals surface area contributed by atoms with Crippen molar-refractivity contribution in [3.05, 3.63) is 53.8 Å². The Morgan fingerprint density at radius 3 is 2.36 bits per heavy atom. The summed E-state index contributed by atoms with van der Waals surface area (Å²) in [4.78, 5) is 28.3. The zero-order valence-corrected chi connectivity index (χ0v) is 23.7. The number of hydrogen-bond acceptors (Lipinski definition) is 6. The van der Waals surface area contributed by atoms with Crippen LogP contribution < -0.4 is 11.1 Å². The number of hydrogen-bond donors (Lipinski definition) is 2. The van der Waals surface area contributed by atoms with Gasteiger partial charge in [-0.2, -0.15) is 0 Å². The Hall–Kier alpha value is -2.98. The van der Waals surface area contributed by atoms with Gasteiger partial charge in [0.15, 0.2) is 9.84 Å². The molecule has 3 aliphatic rings. The van der Waals surface area contributed by atoms with Gasteiger partial charge in [-0.3, -0.25) is 9.69 Å². The highest BCUT2D eigenvalue weighted by Gasteiger charge is 2.71. The number of carbonyl (C=O) groups excluding carboxylic acids is 2. The van der Waals surface area contributed by atoms with Crippen molar-refractivity contribution < 1.29 is 27.1 Å². The van der Waals surface area contributed by atoms with E-state index in [1.54, 1.807) is 49.9 Å². The van der Waals surface area contributed by atoms with Crippen LogP contribution in [-0.4, -0.2) is 55.4 Å². The van der Waals surface area contributed by atoms with Crippen LogP contribution in [0.15, 0.2) is 47.4 Å². The fraction of sp³-hybridized carbons (Fsp3) is 0.517. The van der Waals surface area contributed by atoms with E-state index in [-0.39, 0.29) is 29.2 Å². The van der Waals surface area contributed by atoms with Crippen molar-refractivity contribution in [3.8, 4) is 11.1 Å². The van der Waals surface area contributed by atoms with E-state index < -0.39 is 39.6 Å². The smallest absolute Gasteiger partial charge is 0.411 e. The molecule has 2 aliphatic carbocycles. The number of nitrogens with zero attached hydrogens (tertiary/aromatic N) is 1. The number of ether oxygens (including phenoxy) is 1. The lowest BCUT2D eigenvalue weighted by Crippen LogP contribution is -2.57. The molecule has 2 amide bonds. The highest BCUT2D eigenvalue weighted by molar-refractivity contribution is 7.90. The van der Waals surface area contributed by atoms with Gasteiger partial charge >= 0.3 is 6.09 Å². The first-order valence-electron chi connectivity index (χ1n) is 13.3. The fourth-order valence-corrected chi connectivity index (χ4v) is 7.31. The summed E-state index contributed by atoms with van der Waals surface area (Å²) in [6.07, 6.45) is 0.661. The number of rotatable bonds is 6. The Morgan fingerprint density at radius 1 is 1.13 bits per heavy atom. The molecule has 5 rings (SSSR count). The van der Waals surface area contributed by atoms with Crippen molar-refractivity contribution in [2.45, 2.75) is 69.3 Å². The van der Waals surface area contributed by atoms with Gasteiger partial charge in [-0.15, -0.1) is 0 Å². The van der Waals surface area contributed by atoms with E-state index in [1.165, 1.54) is 18.2 Å². The molecule has 2 aromatic rings. The summed E-state index contributed by atoms with van der Waals surface area (Å²) in [6.45, 7) is 7.58. The number of nitrogens with two attached hydrogens (primary N) is 1. The number of halogens is 1. The van der Waals surface area contributed by atoms with Crippen molar-refractivity contribution in [2.75, 3.05) is 6.26 Å². The third kappa shape index (κ3) is 5.28. The zero-order valence-electron chi connectivity index (χ0n) is 22.8. The summed E-state index contributed by atoms with van der Waals surface area (Å²) in [6, 6.07) is 10.3. The first kappa shape index (κ1) is 27.6. The molecule has 10 heteroatoms. The lowest BCUT2D eigenvalue weighted by atomic mass is 9.94. The largest absolute Gasteiger partial charge is 0.444 e. The Labute approximate surface area is 229 Å². The van der Waals surface area contributed by atoms with Crippen molar-refractivity contribution in [2.24, 2.45) is 29.4 Å². The second kappa shape index (κ2) is 9.59. The van der Waals surface area contributed by atoms with E-state index in [0.29, 0.717) is 34.4 Å². The number of sulfone groups is 1. The lowest BCUT2D eigenvalue weighted by molar-refractivity contribution is -0.128. The molecule has 0 aromatic heterocycles. The van der Waals surface area contributed by atoms with Gasteiger partial charge in [-0.05, 0) is 85.8 Å². The van der Waals surface area contributed by atoms with Gasteiger partial charge in [0, 0.05) is 18.7 Å². The monoisotopic (exact) mass is 557 g/mol. The summed E-state index contributed by atoms with van der Waals surface area (Å²) in [5.74, 6) is 0.573. The second-order valence-electron chi connectivity index (χ2n) is 12.2. The Bertz CT molecular complexity index is 1400. The maximum Gasteiger partial charge on any atom is 0.411 e. The standard InChI is InChI=1S/C29H36FN3O5S/c1-15-24-20-14-22(25(15)24)33(28(35)38-29(2,3)4)26(20)27(34)32-23(31)13-18-7-6-17(12-21(18)30)16-8-10-19(11-9-16)39(5,36)37/h6-12,15,20,22-26H,13-14,31H2,1-5H3,(H,32,34)/t15-,20+,22-,23-,24-,25+,26-/m0/s1. The number of carbonyl (C=O) groups is 2. The first-order valence-corrected chi connectivity index (χ1v) is 15.2. The highest BCUT2D eigenvalue weighted by atomic mass is 32.2. The van der Waals surface area contributed by atoms with Gasteiger partial charge in [0.2, 0.25) is 5.91 Å². The third-order valence-corrected chi connectivity index (χ3v) is 9.47. The SMILES string of the molecule is C[C@H]1[C@H]2[C@H]3C[C@@H]([C@@H]12)N(C(=O)OC(C)(C)C)[C@@H]3C(=O)N[C@H](N)Cc1ccc(-c2ccc(S(C)(=O)=O)cc2)cc1F. The minimum atomic E-state index is -3.32. The molecular weight excluding hydrogens is 521 g/mol. The Morgan fingerprint density at radius 2 is 1.77 bits per heavy atom. The molecule has 210 valence electrons. The predicted molar refractivity (Wildman–Crippen MR) is 145 cm³/mol. The van der Waals surface area contributed by atoms with Gasteiger partial charge in [0.25, 0.3) is 0 Å². The van der Waals surface area contributed by atoms with Crippen LogP contribution >= 0.6 is 0 Å². The minimum Gasteiger partial charge on any atom is -0.444 e. The van der Waals surface area contributed by atoms with Gasteiger partial charge in [0.05, 0.1) is 11.1 Å². The molecule has 8 nitrogen and oxygen atoms in total. The molecule has 39 heavy (non-hydrogen) atoms. The van der Waals surface area contributed by atoms with Crippen LogP contribution in [0.25, 0.3) is 11.1 Å². The molecule has 1 aliphatic heterocycles. The van der Waals surface area contributed by atoms with E-state index in [9.17, 15) is 18.0 Å². The summed E-state index contributed by atoms with van der Waals surface area (Å²) in [5.41, 5.74) is 7.19. The molecule has 3 N–H and O–H groups in total. The van der Waals surface area contributed by atoms with Crippen molar-refractivity contribution in [1.29, 1.82) is 0 Å². The average molecular weight is 558 g/mol. The van der Waals surface area contributed by atoms with Gasteiger partial charge in [-0.1, -0.05) is 31.2 Å². The molecule has 2 bridgehead atoms. The Balaban J connectivity index is 1.26. The summed E-state index contributed by atoms with van der Waals surface area (Å²) >= 11 is 0. The number of piperidine rings is 1. The molecule has 7 atom stereocenters.